The van der Waals surface area contributed by atoms with Gasteiger partial charge in [0.2, 0.25) is 0 Å². The van der Waals surface area contributed by atoms with Crippen LogP contribution in [0.2, 0.25) is 0 Å². The molecule has 244 valence electrons. The molecule has 1 fully saturated rings. The predicted molar refractivity (Wildman–Crippen MR) is 212 cm³/mol. The summed E-state index contributed by atoms with van der Waals surface area (Å²) in [6.45, 7) is 0. The Morgan fingerprint density at radius 1 is 0.679 bits per heavy atom. The van der Waals surface area contributed by atoms with Crippen LogP contribution in [-0.4, -0.2) is 13.1 Å². The van der Waals surface area contributed by atoms with Crippen molar-refractivity contribution < 1.29 is 9.53 Å². The average molecular weight is 673 g/mol. The van der Waals surface area contributed by atoms with Crippen LogP contribution in [0.25, 0.3) is 91.8 Å². The zero-order valence-electron chi connectivity index (χ0n) is 29.1. The number of allylic oxidation sites excluding steroid dienone is 4. The lowest BCUT2D eigenvalue weighted by Gasteiger charge is -2.41. The van der Waals surface area contributed by atoms with Crippen LogP contribution in [-0.2, 0) is 39.6 Å². The molecule has 8 aliphatic rings. The molecule has 2 nitrogen and oxygen atoms in total. The number of esters is 1. The van der Waals surface area contributed by atoms with Crippen molar-refractivity contribution in [3.8, 4) is 0 Å². The molecule has 0 heterocycles. The standard InChI is InChI=1S/C51H28O2/c1-53-28(52)8-5-9-50(27-6-3-2-4-7-27)49-17-25-15-23-13-21-11-19-10-20-12-22-14-24-16-26(18-49)36-32(24)40-34(22)38-30(20)29(19)37-33(21)39-31(23)35(25)47-45-43(39)41(37)42(38)44(40)46(45)48(36)51(47,49)50/h2-4,6-7,11-14,17-18,35,47H,5,8-10,15-16H2,1H3. The molecule has 0 radical (unpaired) electrons. The van der Waals surface area contributed by atoms with Crippen LogP contribution in [0.4, 0.5) is 0 Å². The van der Waals surface area contributed by atoms with Gasteiger partial charge in [-0.15, -0.1) is 0 Å². The van der Waals surface area contributed by atoms with Crippen LogP contribution in [0, 0.1) is 5.41 Å². The molecule has 18 rings (SSSR count). The third-order valence-corrected chi connectivity index (χ3v) is 17.7. The van der Waals surface area contributed by atoms with E-state index in [9.17, 15) is 4.79 Å². The smallest absolute Gasteiger partial charge is 0.305 e. The van der Waals surface area contributed by atoms with Gasteiger partial charge in [0.15, 0.2) is 0 Å². The molecule has 0 aliphatic heterocycles. The highest BCUT2D eigenvalue weighted by atomic mass is 16.5. The molecule has 0 bridgehead atoms. The lowest BCUT2D eigenvalue weighted by Crippen LogP contribution is -2.34. The molecule has 10 aromatic rings. The Kier molecular flexibility index (Phi) is 3.10. The predicted octanol–water partition coefficient (Wildman–Crippen LogP) is 11.2. The van der Waals surface area contributed by atoms with Gasteiger partial charge < -0.3 is 4.74 Å². The Hall–Kier alpha value is -5.47. The first-order valence-corrected chi connectivity index (χ1v) is 20.0. The fourth-order valence-corrected chi connectivity index (χ4v) is 17.0. The van der Waals surface area contributed by atoms with E-state index in [0.717, 1.165) is 32.1 Å². The Balaban J connectivity index is 1.17. The largest absolute Gasteiger partial charge is 0.469 e. The highest BCUT2D eigenvalue weighted by Crippen LogP contribution is 2.95. The van der Waals surface area contributed by atoms with Crippen molar-refractivity contribution >= 4 is 97.7 Å². The molecule has 5 atom stereocenters. The maximum atomic E-state index is 12.8. The first-order chi connectivity index (χ1) is 26.1. The van der Waals surface area contributed by atoms with Crippen molar-refractivity contribution in [1.29, 1.82) is 0 Å². The van der Waals surface area contributed by atoms with E-state index < -0.39 is 0 Å². The summed E-state index contributed by atoms with van der Waals surface area (Å²) in [7, 11) is 1.55. The van der Waals surface area contributed by atoms with Gasteiger partial charge in [-0.3, -0.25) is 4.79 Å². The quantitative estimate of drug-likeness (QED) is 0.103. The number of benzene rings is 8. The fourth-order valence-electron chi connectivity index (χ4n) is 17.0. The Labute approximate surface area is 302 Å². The SMILES string of the molecule is COC(=O)CCCC1(c2ccccc2)C23C=C4Cc5cc6cc7c8c9c(cc%10cc%11c%12c%13c%14c%15c%16c(c4c5c4c6c8c(c%164)c%14c9c%10%13)C21C%15C%12C(=C3)C%11)C7. The second-order valence-corrected chi connectivity index (χ2v) is 18.7. The number of rotatable bonds is 5. The van der Waals surface area contributed by atoms with E-state index in [1.807, 2.05) is 0 Å². The molecular formula is C51H28O2. The number of hydrogen-bond donors (Lipinski definition) is 0. The van der Waals surface area contributed by atoms with Crippen LogP contribution in [0.1, 0.15) is 81.2 Å². The number of carbonyl (C=O) groups excluding carboxylic acids is 1. The Morgan fingerprint density at radius 2 is 1.34 bits per heavy atom. The first kappa shape index (κ1) is 24.7. The maximum absolute atomic E-state index is 12.8. The van der Waals surface area contributed by atoms with Crippen LogP contribution in [0.3, 0.4) is 0 Å². The van der Waals surface area contributed by atoms with Gasteiger partial charge in [-0.2, -0.15) is 0 Å². The van der Waals surface area contributed by atoms with Crippen molar-refractivity contribution in [2.45, 2.75) is 61.2 Å². The van der Waals surface area contributed by atoms with Crippen molar-refractivity contribution in [2.24, 2.45) is 5.41 Å². The second kappa shape index (κ2) is 6.64. The molecule has 53 heavy (non-hydrogen) atoms. The minimum absolute atomic E-state index is 0.0858. The van der Waals surface area contributed by atoms with Gasteiger partial charge in [-0.1, -0.05) is 72.3 Å². The molecule has 0 amide bonds. The number of hydrogen-bond acceptors (Lipinski definition) is 2. The van der Waals surface area contributed by atoms with Crippen LogP contribution in [0.15, 0.2) is 72.3 Å². The summed E-state index contributed by atoms with van der Waals surface area (Å²) in [5.74, 6) is 0.732. The zero-order valence-corrected chi connectivity index (χ0v) is 29.1. The molecule has 0 aromatic heterocycles. The summed E-state index contributed by atoms with van der Waals surface area (Å²) >= 11 is 0. The molecule has 8 aliphatic carbocycles. The van der Waals surface area contributed by atoms with E-state index in [1.54, 1.807) is 138 Å². The minimum Gasteiger partial charge on any atom is -0.469 e. The normalized spacial score (nSPS) is 29.4. The van der Waals surface area contributed by atoms with Gasteiger partial charge in [0.05, 0.1) is 7.11 Å². The molecule has 2 heteroatoms. The monoisotopic (exact) mass is 672 g/mol. The van der Waals surface area contributed by atoms with Crippen molar-refractivity contribution in [2.75, 3.05) is 7.11 Å². The fraction of sp³-hybridized carbons (Fsp3) is 0.235. The third-order valence-electron chi connectivity index (χ3n) is 17.7. The summed E-state index contributed by atoms with van der Waals surface area (Å²) in [6, 6.07) is 22.2. The number of carbonyl (C=O) groups is 1. The van der Waals surface area contributed by atoms with Gasteiger partial charge in [-0.25, -0.2) is 0 Å². The van der Waals surface area contributed by atoms with Gasteiger partial charge in [0.1, 0.15) is 0 Å². The van der Waals surface area contributed by atoms with Gasteiger partial charge in [0, 0.05) is 34.5 Å². The topological polar surface area (TPSA) is 26.3 Å². The summed E-state index contributed by atoms with van der Waals surface area (Å²) in [4.78, 5) is 12.8. The van der Waals surface area contributed by atoms with E-state index in [2.05, 4.69) is 66.7 Å². The van der Waals surface area contributed by atoms with Crippen molar-refractivity contribution in [1.82, 2.24) is 0 Å². The number of ether oxygens (including phenoxy) is 1. The molecule has 0 N–H and O–H groups in total. The average Bonchev–Trinajstić information content (AvgIpc) is 3.88. The molecule has 5 unspecified atom stereocenters. The van der Waals surface area contributed by atoms with E-state index in [1.165, 1.54) is 16.3 Å². The first-order valence-electron chi connectivity index (χ1n) is 20.0. The lowest BCUT2D eigenvalue weighted by atomic mass is 9.60. The minimum atomic E-state index is -0.140. The highest BCUT2D eigenvalue weighted by molar-refractivity contribution is 6.57. The molecular weight excluding hydrogens is 645 g/mol. The van der Waals surface area contributed by atoms with E-state index in [-0.39, 0.29) is 22.2 Å². The van der Waals surface area contributed by atoms with E-state index >= 15 is 0 Å². The summed E-state index contributed by atoms with van der Waals surface area (Å²) < 4.78 is 5.27. The van der Waals surface area contributed by atoms with Crippen molar-refractivity contribution in [3.05, 3.63) is 122 Å². The van der Waals surface area contributed by atoms with E-state index in [4.69, 9.17) is 4.74 Å². The van der Waals surface area contributed by atoms with Crippen LogP contribution < -0.4 is 0 Å². The van der Waals surface area contributed by atoms with Gasteiger partial charge >= 0.3 is 5.97 Å². The lowest BCUT2D eigenvalue weighted by molar-refractivity contribution is -0.140. The maximum Gasteiger partial charge on any atom is 0.305 e. The zero-order chi connectivity index (χ0) is 33.5. The van der Waals surface area contributed by atoms with Gasteiger partial charge in [-0.05, 0) is 174 Å². The molecule has 1 spiro atoms. The third kappa shape index (κ3) is 1.83. The van der Waals surface area contributed by atoms with E-state index in [0.29, 0.717) is 18.3 Å². The van der Waals surface area contributed by atoms with Gasteiger partial charge in [0.25, 0.3) is 0 Å². The van der Waals surface area contributed by atoms with Crippen molar-refractivity contribution in [3.63, 3.8) is 0 Å². The summed E-state index contributed by atoms with van der Waals surface area (Å²) in [5, 5.41) is 25.5. The second-order valence-electron chi connectivity index (χ2n) is 18.7. The number of methoxy groups -OCH3 is 1. The molecule has 1 saturated carbocycles. The highest BCUT2D eigenvalue weighted by Gasteiger charge is 2.92. The van der Waals surface area contributed by atoms with Crippen LogP contribution in [0.5, 0.6) is 0 Å². The van der Waals surface area contributed by atoms with Crippen LogP contribution >= 0.6 is 0 Å². The molecule has 10 aromatic carbocycles. The summed E-state index contributed by atoms with van der Waals surface area (Å²) in [6.07, 6.45) is 11.2. The molecule has 0 saturated heterocycles. The Bertz CT molecular complexity index is 3690. The Morgan fingerprint density at radius 3 is 2.13 bits per heavy atom. The summed E-state index contributed by atoms with van der Waals surface area (Å²) in [5.41, 5.74) is 17.4.